The first kappa shape index (κ1) is 14.1. The van der Waals surface area contributed by atoms with Gasteiger partial charge in [0, 0.05) is 7.05 Å². The molecule has 0 saturated heterocycles. The summed E-state index contributed by atoms with van der Waals surface area (Å²) in [6.45, 7) is 3.47. The van der Waals surface area contributed by atoms with Crippen LogP contribution in [0, 0.1) is 0 Å². The molecule has 0 spiro atoms. The molecular weight excluding hydrogens is 260 g/mol. The average molecular weight is 276 g/mol. The molecule has 0 aliphatic carbocycles. The second-order valence-corrected chi connectivity index (χ2v) is 6.02. The molecular formula is C9H16N4O2S2. The van der Waals surface area contributed by atoms with Crippen LogP contribution in [0.3, 0.4) is 0 Å². The van der Waals surface area contributed by atoms with E-state index in [0.29, 0.717) is 6.42 Å². The molecule has 1 aromatic heterocycles. The molecule has 1 atom stereocenters. The first-order chi connectivity index (χ1) is 7.73. The number of aromatic nitrogens is 2. The van der Waals surface area contributed by atoms with Crippen LogP contribution in [0.5, 0.6) is 0 Å². The predicted molar refractivity (Wildman–Crippen MR) is 69.0 cm³/mol. The molecule has 0 aliphatic rings. The lowest BCUT2D eigenvalue weighted by Crippen LogP contribution is -2.54. The summed E-state index contributed by atoms with van der Waals surface area (Å²) < 4.78 is 28.0. The van der Waals surface area contributed by atoms with Crippen LogP contribution in [0.4, 0.5) is 0 Å². The van der Waals surface area contributed by atoms with Crippen molar-refractivity contribution in [2.45, 2.75) is 30.8 Å². The van der Waals surface area contributed by atoms with Gasteiger partial charge in [-0.05, 0) is 19.4 Å². The molecule has 8 heteroatoms. The lowest BCUT2D eigenvalue weighted by Gasteiger charge is -2.27. The van der Waals surface area contributed by atoms with E-state index in [1.165, 1.54) is 16.9 Å². The molecule has 1 heterocycles. The normalized spacial score (nSPS) is 15.5. The van der Waals surface area contributed by atoms with Gasteiger partial charge in [0.1, 0.15) is 0 Å². The van der Waals surface area contributed by atoms with Gasteiger partial charge in [0.05, 0.1) is 16.7 Å². The Labute approximate surface area is 106 Å². The van der Waals surface area contributed by atoms with Crippen molar-refractivity contribution in [1.29, 1.82) is 0 Å². The molecule has 0 radical (unpaired) electrons. The van der Waals surface area contributed by atoms with Crippen LogP contribution in [-0.2, 0) is 17.1 Å². The van der Waals surface area contributed by atoms with E-state index < -0.39 is 15.6 Å². The topological polar surface area (TPSA) is 90.0 Å². The van der Waals surface area contributed by atoms with E-state index in [0.717, 1.165) is 0 Å². The van der Waals surface area contributed by atoms with Crippen LogP contribution in [0.25, 0.3) is 0 Å². The summed E-state index contributed by atoms with van der Waals surface area (Å²) in [7, 11) is -2.13. The summed E-state index contributed by atoms with van der Waals surface area (Å²) in [5.41, 5.74) is 4.63. The maximum Gasteiger partial charge on any atom is 0.258 e. The fraction of sp³-hybridized carbons (Fsp3) is 0.556. The smallest absolute Gasteiger partial charge is 0.258 e. The molecule has 0 saturated carbocycles. The Balaban J connectivity index is 3.11. The van der Waals surface area contributed by atoms with Crippen molar-refractivity contribution in [3.8, 4) is 0 Å². The van der Waals surface area contributed by atoms with Gasteiger partial charge in [-0.3, -0.25) is 4.68 Å². The van der Waals surface area contributed by atoms with Crippen LogP contribution in [0.15, 0.2) is 17.3 Å². The van der Waals surface area contributed by atoms with Crippen molar-refractivity contribution in [2.75, 3.05) is 0 Å². The standard InChI is InChI=1S/C9H16N4O2S2/c1-4-9(2,8(10)16)12-17(14,15)7-5-6-11-13(7)3/h5-6,12H,4H2,1-3H3,(H2,10,16). The Morgan fingerprint density at radius 2 is 2.29 bits per heavy atom. The minimum atomic E-state index is -3.68. The molecule has 96 valence electrons. The van der Waals surface area contributed by atoms with Gasteiger partial charge in [-0.15, -0.1) is 0 Å². The molecule has 17 heavy (non-hydrogen) atoms. The van der Waals surface area contributed by atoms with E-state index in [9.17, 15) is 8.42 Å². The van der Waals surface area contributed by atoms with Crippen molar-refractivity contribution in [2.24, 2.45) is 12.8 Å². The number of hydrogen-bond donors (Lipinski definition) is 2. The van der Waals surface area contributed by atoms with E-state index in [-0.39, 0.29) is 10.0 Å². The van der Waals surface area contributed by atoms with Gasteiger partial charge >= 0.3 is 0 Å². The van der Waals surface area contributed by atoms with Crippen LogP contribution < -0.4 is 10.5 Å². The Morgan fingerprint density at radius 3 is 2.65 bits per heavy atom. The molecule has 1 rings (SSSR count). The lowest BCUT2D eigenvalue weighted by atomic mass is 10.0. The third-order valence-electron chi connectivity index (χ3n) is 2.66. The highest BCUT2D eigenvalue weighted by atomic mass is 32.2. The average Bonchev–Trinajstić information content (AvgIpc) is 2.64. The number of nitrogens with zero attached hydrogens (tertiary/aromatic N) is 2. The fourth-order valence-corrected chi connectivity index (χ4v) is 3.12. The van der Waals surface area contributed by atoms with Gasteiger partial charge < -0.3 is 5.73 Å². The van der Waals surface area contributed by atoms with E-state index in [1.807, 2.05) is 6.92 Å². The molecule has 0 aromatic carbocycles. The van der Waals surface area contributed by atoms with Gasteiger partial charge in [-0.1, -0.05) is 19.1 Å². The Kier molecular flexibility index (Phi) is 3.90. The quantitative estimate of drug-likeness (QED) is 0.747. The summed E-state index contributed by atoms with van der Waals surface area (Å²) in [5, 5.41) is 3.89. The number of thiocarbonyl (C=S) groups is 1. The molecule has 6 nitrogen and oxygen atoms in total. The third kappa shape index (κ3) is 2.82. The minimum absolute atomic E-state index is 0.0772. The van der Waals surface area contributed by atoms with Crippen LogP contribution >= 0.6 is 12.2 Å². The Bertz CT molecular complexity index is 523. The van der Waals surface area contributed by atoms with Crippen LogP contribution in [0.2, 0.25) is 0 Å². The largest absolute Gasteiger partial charge is 0.392 e. The highest BCUT2D eigenvalue weighted by molar-refractivity contribution is 7.89. The molecule has 0 bridgehead atoms. The van der Waals surface area contributed by atoms with Gasteiger partial charge in [-0.25, -0.2) is 8.42 Å². The fourth-order valence-electron chi connectivity index (χ4n) is 1.27. The number of nitrogens with one attached hydrogen (secondary N) is 1. The molecule has 0 aliphatic heterocycles. The molecule has 3 N–H and O–H groups in total. The Morgan fingerprint density at radius 1 is 1.71 bits per heavy atom. The summed E-state index contributed by atoms with van der Waals surface area (Å²) in [4.78, 5) is 0.116. The van der Waals surface area contributed by atoms with Gasteiger partial charge in [0.2, 0.25) is 0 Å². The second kappa shape index (κ2) is 4.71. The third-order valence-corrected chi connectivity index (χ3v) is 4.78. The summed E-state index contributed by atoms with van der Waals surface area (Å²) in [6, 6.07) is 1.41. The van der Waals surface area contributed by atoms with E-state index >= 15 is 0 Å². The van der Waals surface area contributed by atoms with Gasteiger partial charge in [0.25, 0.3) is 10.0 Å². The number of nitrogens with two attached hydrogens (primary N) is 1. The zero-order chi connectivity index (χ0) is 13.3. The molecule has 1 unspecified atom stereocenters. The van der Waals surface area contributed by atoms with Gasteiger partial charge in [-0.2, -0.15) is 9.82 Å². The Hall–Kier alpha value is -0.990. The lowest BCUT2D eigenvalue weighted by molar-refractivity contribution is 0.503. The van der Waals surface area contributed by atoms with Crippen LogP contribution in [0.1, 0.15) is 20.3 Å². The van der Waals surface area contributed by atoms with Crippen molar-refractivity contribution >= 4 is 27.2 Å². The second-order valence-electron chi connectivity index (χ2n) is 3.95. The van der Waals surface area contributed by atoms with Crippen molar-refractivity contribution in [3.63, 3.8) is 0 Å². The first-order valence-electron chi connectivity index (χ1n) is 5.05. The number of aryl methyl sites for hydroxylation is 1. The van der Waals surface area contributed by atoms with E-state index in [4.69, 9.17) is 18.0 Å². The minimum Gasteiger partial charge on any atom is -0.392 e. The van der Waals surface area contributed by atoms with E-state index in [1.54, 1.807) is 14.0 Å². The number of sulfonamides is 1. The molecule has 1 aromatic rings. The number of hydrogen-bond acceptors (Lipinski definition) is 4. The molecule has 0 fully saturated rings. The zero-order valence-electron chi connectivity index (χ0n) is 9.97. The summed E-state index contributed by atoms with van der Waals surface area (Å²) in [5.74, 6) is 0. The monoisotopic (exact) mass is 276 g/mol. The van der Waals surface area contributed by atoms with E-state index in [2.05, 4.69) is 9.82 Å². The highest BCUT2D eigenvalue weighted by Crippen LogP contribution is 2.15. The number of rotatable bonds is 5. The van der Waals surface area contributed by atoms with Crippen molar-refractivity contribution < 1.29 is 8.42 Å². The van der Waals surface area contributed by atoms with Crippen LogP contribution in [-0.4, -0.2) is 28.7 Å². The summed E-state index contributed by atoms with van der Waals surface area (Å²) in [6.07, 6.45) is 1.89. The van der Waals surface area contributed by atoms with Gasteiger partial charge in [0.15, 0.2) is 5.03 Å². The molecule has 0 amide bonds. The predicted octanol–water partition coefficient (Wildman–Crippen LogP) is 0.153. The van der Waals surface area contributed by atoms with Crippen molar-refractivity contribution in [1.82, 2.24) is 14.5 Å². The maximum absolute atomic E-state index is 12.1. The zero-order valence-corrected chi connectivity index (χ0v) is 11.6. The summed E-state index contributed by atoms with van der Waals surface area (Å²) >= 11 is 4.89. The first-order valence-corrected chi connectivity index (χ1v) is 6.94. The SMILES string of the molecule is CCC(C)(NS(=O)(=O)c1ccnn1C)C(N)=S. The maximum atomic E-state index is 12.1. The van der Waals surface area contributed by atoms with Crippen molar-refractivity contribution in [3.05, 3.63) is 12.3 Å². The highest BCUT2D eigenvalue weighted by Gasteiger charge is 2.32.